The standard InChI is InChI=1S/C19H28N2O2/c1-5-12-21(13-6-2)15-19(22)20-17-7-9-18(10-8-17)23-14-11-16(3)4/h5-10,16H,1-2,11-15H2,3-4H3,(H,20,22). The summed E-state index contributed by atoms with van der Waals surface area (Å²) >= 11 is 0. The van der Waals surface area contributed by atoms with Gasteiger partial charge in [0.2, 0.25) is 5.91 Å². The number of amides is 1. The molecule has 0 spiro atoms. The summed E-state index contributed by atoms with van der Waals surface area (Å²) in [6, 6.07) is 7.46. The van der Waals surface area contributed by atoms with E-state index in [9.17, 15) is 4.79 Å². The fraction of sp³-hybridized carbons (Fsp3) is 0.421. The molecule has 1 aromatic rings. The summed E-state index contributed by atoms with van der Waals surface area (Å²) in [5, 5.41) is 2.89. The number of hydrogen-bond acceptors (Lipinski definition) is 3. The highest BCUT2D eigenvalue weighted by molar-refractivity contribution is 5.92. The lowest BCUT2D eigenvalue weighted by molar-refractivity contribution is -0.117. The Hall–Kier alpha value is -2.07. The first-order valence-corrected chi connectivity index (χ1v) is 8.02. The fourth-order valence-corrected chi connectivity index (χ4v) is 2.02. The van der Waals surface area contributed by atoms with Gasteiger partial charge in [-0.1, -0.05) is 26.0 Å². The maximum absolute atomic E-state index is 12.1. The highest BCUT2D eigenvalue weighted by atomic mass is 16.5. The first-order chi connectivity index (χ1) is 11.0. The SMILES string of the molecule is C=CCN(CC=C)CC(=O)Nc1ccc(OCCC(C)C)cc1. The second-order valence-electron chi connectivity index (χ2n) is 5.87. The topological polar surface area (TPSA) is 41.6 Å². The van der Waals surface area contributed by atoms with E-state index >= 15 is 0 Å². The van der Waals surface area contributed by atoms with E-state index in [1.807, 2.05) is 29.2 Å². The van der Waals surface area contributed by atoms with Crippen LogP contribution in [0.1, 0.15) is 20.3 Å². The number of anilines is 1. The first kappa shape index (κ1) is 19.0. The van der Waals surface area contributed by atoms with E-state index in [2.05, 4.69) is 32.3 Å². The zero-order chi connectivity index (χ0) is 17.1. The minimum absolute atomic E-state index is 0.0535. The number of rotatable bonds is 11. The van der Waals surface area contributed by atoms with Gasteiger partial charge in [0.25, 0.3) is 0 Å². The van der Waals surface area contributed by atoms with E-state index in [-0.39, 0.29) is 5.91 Å². The van der Waals surface area contributed by atoms with E-state index < -0.39 is 0 Å². The summed E-state index contributed by atoms with van der Waals surface area (Å²) in [5.41, 5.74) is 0.767. The lowest BCUT2D eigenvalue weighted by atomic mass is 10.1. The molecule has 1 aromatic carbocycles. The van der Waals surface area contributed by atoms with Gasteiger partial charge < -0.3 is 10.1 Å². The largest absolute Gasteiger partial charge is 0.494 e. The molecular weight excluding hydrogens is 288 g/mol. The van der Waals surface area contributed by atoms with Crippen molar-refractivity contribution < 1.29 is 9.53 Å². The third-order valence-corrected chi connectivity index (χ3v) is 3.24. The predicted octanol–water partition coefficient (Wildman–Crippen LogP) is 3.72. The molecule has 0 atom stereocenters. The molecule has 4 heteroatoms. The number of carbonyl (C=O) groups is 1. The van der Waals surface area contributed by atoms with Gasteiger partial charge >= 0.3 is 0 Å². The smallest absolute Gasteiger partial charge is 0.238 e. The van der Waals surface area contributed by atoms with Crippen LogP contribution in [0.4, 0.5) is 5.69 Å². The Morgan fingerprint density at radius 1 is 1.22 bits per heavy atom. The Bertz CT molecular complexity index is 485. The molecule has 1 rings (SSSR count). The zero-order valence-electron chi connectivity index (χ0n) is 14.3. The summed E-state index contributed by atoms with van der Waals surface area (Å²) in [4.78, 5) is 14.0. The van der Waals surface area contributed by atoms with E-state index in [1.165, 1.54) is 0 Å². The third-order valence-electron chi connectivity index (χ3n) is 3.24. The molecule has 4 nitrogen and oxygen atoms in total. The van der Waals surface area contributed by atoms with Crippen LogP contribution in [0.5, 0.6) is 5.75 Å². The molecule has 0 saturated carbocycles. The zero-order valence-corrected chi connectivity index (χ0v) is 14.3. The highest BCUT2D eigenvalue weighted by Gasteiger charge is 2.08. The van der Waals surface area contributed by atoms with Crippen molar-refractivity contribution in [2.24, 2.45) is 5.92 Å². The molecule has 0 radical (unpaired) electrons. The predicted molar refractivity (Wildman–Crippen MR) is 96.9 cm³/mol. The van der Waals surface area contributed by atoms with Gasteiger partial charge in [-0.15, -0.1) is 13.2 Å². The van der Waals surface area contributed by atoms with Gasteiger partial charge in [0, 0.05) is 18.8 Å². The van der Waals surface area contributed by atoms with E-state index in [0.717, 1.165) is 17.9 Å². The van der Waals surface area contributed by atoms with Crippen molar-refractivity contribution in [1.29, 1.82) is 0 Å². The fourth-order valence-electron chi connectivity index (χ4n) is 2.02. The van der Waals surface area contributed by atoms with Gasteiger partial charge in [0.05, 0.1) is 13.2 Å². The Labute approximate surface area is 139 Å². The van der Waals surface area contributed by atoms with Crippen molar-refractivity contribution in [1.82, 2.24) is 4.90 Å². The van der Waals surface area contributed by atoms with Crippen molar-refractivity contribution in [2.75, 3.05) is 31.6 Å². The molecule has 0 fully saturated rings. The monoisotopic (exact) mass is 316 g/mol. The molecule has 0 aliphatic heterocycles. The molecule has 0 aliphatic rings. The lowest BCUT2D eigenvalue weighted by Crippen LogP contribution is -2.33. The van der Waals surface area contributed by atoms with Gasteiger partial charge in [-0.3, -0.25) is 9.69 Å². The van der Waals surface area contributed by atoms with Crippen molar-refractivity contribution in [3.8, 4) is 5.75 Å². The summed E-state index contributed by atoms with van der Waals surface area (Å²) in [6.07, 6.45) is 4.58. The van der Waals surface area contributed by atoms with Gasteiger partial charge in [0.1, 0.15) is 5.75 Å². The molecule has 0 aliphatic carbocycles. The first-order valence-electron chi connectivity index (χ1n) is 8.02. The summed E-state index contributed by atoms with van der Waals surface area (Å²) < 4.78 is 5.66. The van der Waals surface area contributed by atoms with E-state index in [4.69, 9.17) is 4.74 Å². The number of carbonyl (C=O) groups excluding carboxylic acids is 1. The Balaban J connectivity index is 2.45. The van der Waals surface area contributed by atoms with Gasteiger partial charge in [-0.2, -0.15) is 0 Å². The quantitative estimate of drug-likeness (QED) is 0.633. The molecule has 1 amide bonds. The normalized spacial score (nSPS) is 10.6. The van der Waals surface area contributed by atoms with Crippen molar-refractivity contribution in [2.45, 2.75) is 20.3 Å². The van der Waals surface area contributed by atoms with Crippen LogP contribution in [0.3, 0.4) is 0 Å². The molecule has 1 N–H and O–H groups in total. The second kappa shape index (κ2) is 10.6. The van der Waals surface area contributed by atoms with Crippen LogP contribution in [0.2, 0.25) is 0 Å². The number of nitrogens with one attached hydrogen (secondary N) is 1. The van der Waals surface area contributed by atoms with Crippen LogP contribution in [0, 0.1) is 5.92 Å². The maximum Gasteiger partial charge on any atom is 0.238 e. The maximum atomic E-state index is 12.1. The van der Waals surface area contributed by atoms with Crippen molar-refractivity contribution >= 4 is 11.6 Å². The van der Waals surface area contributed by atoms with Gasteiger partial charge in [0.15, 0.2) is 0 Å². The summed E-state index contributed by atoms with van der Waals surface area (Å²) in [5.74, 6) is 1.40. The molecule has 126 valence electrons. The molecule has 0 aromatic heterocycles. The average Bonchev–Trinajstić information content (AvgIpc) is 2.49. The minimum atomic E-state index is -0.0535. The Morgan fingerprint density at radius 3 is 2.35 bits per heavy atom. The Morgan fingerprint density at radius 2 is 1.83 bits per heavy atom. The van der Waals surface area contributed by atoms with Crippen molar-refractivity contribution in [3.05, 3.63) is 49.6 Å². The van der Waals surface area contributed by atoms with Crippen molar-refractivity contribution in [3.63, 3.8) is 0 Å². The average molecular weight is 316 g/mol. The molecule has 0 bridgehead atoms. The van der Waals surface area contributed by atoms with Crippen LogP contribution in [-0.2, 0) is 4.79 Å². The number of benzene rings is 1. The number of ether oxygens (including phenoxy) is 1. The van der Waals surface area contributed by atoms with E-state index in [1.54, 1.807) is 12.2 Å². The molecule has 0 saturated heterocycles. The third kappa shape index (κ3) is 8.21. The highest BCUT2D eigenvalue weighted by Crippen LogP contribution is 2.16. The molecular formula is C19H28N2O2. The van der Waals surface area contributed by atoms with Crippen LogP contribution >= 0.6 is 0 Å². The summed E-state index contributed by atoms with van der Waals surface area (Å²) in [6.45, 7) is 14.1. The minimum Gasteiger partial charge on any atom is -0.494 e. The molecule has 0 heterocycles. The van der Waals surface area contributed by atoms with Gasteiger partial charge in [-0.05, 0) is 36.6 Å². The molecule has 0 unspecified atom stereocenters. The van der Waals surface area contributed by atoms with Crippen LogP contribution in [0.15, 0.2) is 49.6 Å². The second-order valence-corrected chi connectivity index (χ2v) is 5.87. The summed E-state index contributed by atoms with van der Waals surface area (Å²) in [7, 11) is 0. The van der Waals surface area contributed by atoms with Gasteiger partial charge in [-0.25, -0.2) is 0 Å². The molecule has 23 heavy (non-hydrogen) atoms. The van der Waals surface area contributed by atoms with Crippen LogP contribution in [-0.4, -0.2) is 37.0 Å². The lowest BCUT2D eigenvalue weighted by Gasteiger charge is -2.18. The Kier molecular flexibility index (Phi) is 8.76. The number of nitrogens with zero attached hydrogens (tertiary/aromatic N) is 1. The number of hydrogen-bond donors (Lipinski definition) is 1. The van der Waals surface area contributed by atoms with E-state index in [0.29, 0.717) is 32.2 Å². The van der Waals surface area contributed by atoms with Crippen LogP contribution < -0.4 is 10.1 Å². The van der Waals surface area contributed by atoms with Crippen LogP contribution in [0.25, 0.3) is 0 Å².